The summed E-state index contributed by atoms with van der Waals surface area (Å²) in [6.07, 6.45) is 1.85. The molecule has 3 rings (SSSR count). The quantitative estimate of drug-likeness (QED) is 0.303. The summed E-state index contributed by atoms with van der Waals surface area (Å²) in [4.78, 5) is 29.0. The van der Waals surface area contributed by atoms with Gasteiger partial charge >= 0.3 is 0 Å². The molecule has 1 N–H and O–H groups in total. The van der Waals surface area contributed by atoms with Crippen molar-refractivity contribution >= 4 is 39.1 Å². The van der Waals surface area contributed by atoms with Crippen LogP contribution in [0.2, 0.25) is 5.02 Å². The van der Waals surface area contributed by atoms with E-state index in [1.54, 1.807) is 0 Å². The van der Waals surface area contributed by atoms with Crippen molar-refractivity contribution in [1.82, 2.24) is 10.2 Å². The predicted octanol–water partition coefficient (Wildman–Crippen LogP) is 4.81. The van der Waals surface area contributed by atoms with Gasteiger partial charge in [0.25, 0.3) is 0 Å². The Kier molecular flexibility index (Phi) is 11.1. The second-order valence-corrected chi connectivity index (χ2v) is 12.1. The Morgan fingerprint density at radius 1 is 1.02 bits per heavy atom. The molecule has 8 nitrogen and oxygen atoms in total. The minimum absolute atomic E-state index is 0.0501. The molecule has 41 heavy (non-hydrogen) atoms. The fourth-order valence-corrected chi connectivity index (χ4v) is 5.30. The average Bonchev–Trinajstić information content (AvgIpc) is 2.94. The zero-order valence-electron chi connectivity index (χ0n) is 23.5. The lowest BCUT2D eigenvalue weighted by Gasteiger charge is -2.34. The fraction of sp³-hybridized carbons (Fsp3) is 0.333. The lowest BCUT2D eigenvalue weighted by atomic mass is 10.0. The number of hydrogen-bond acceptors (Lipinski definition) is 5. The zero-order valence-corrected chi connectivity index (χ0v) is 25.1. The summed E-state index contributed by atoms with van der Waals surface area (Å²) in [5.41, 5.74) is 1.56. The molecule has 0 aliphatic heterocycles. The minimum atomic E-state index is -3.95. The number of nitrogens with zero attached hydrogens (tertiary/aromatic N) is 2. The Morgan fingerprint density at radius 2 is 1.68 bits per heavy atom. The Morgan fingerprint density at radius 3 is 2.24 bits per heavy atom. The molecule has 0 aliphatic rings. The number of rotatable bonds is 13. The number of benzene rings is 3. The van der Waals surface area contributed by atoms with E-state index in [0.717, 1.165) is 16.1 Å². The van der Waals surface area contributed by atoms with Crippen molar-refractivity contribution in [2.24, 2.45) is 0 Å². The van der Waals surface area contributed by atoms with E-state index in [1.807, 2.05) is 44.2 Å². The molecule has 0 heterocycles. The van der Waals surface area contributed by atoms with Gasteiger partial charge < -0.3 is 15.0 Å². The number of nitrogens with one attached hydrogen (secondary N) is 1. The van der Waals surface area contributed by atoms with Crippen LogP contribution in [0.3, 0.4) is 0 Å². The number of carbonyl (C=O) groups excluding carboxylic acids is 2. The number of carbonyl (C=O) groups is 2. The summed E-state index contributed by atoms with van der Waals surface area (Å²) in [5, 5.41) is 3.13. The van der Waals surface area contributed by atoms with Crippen molar-refractivity contribution in [3.05, 3.63) is 94.8 Å². The monoisotopic (exact) mass is 603 g/mol. The highest BCUT2D eigenvalue weighted by molar-refractivity contribution is 7.92. The zero-order chi connectivity index (χ0) is 30.2. The number of sulfonamides is 1. The third-order valence-corrected chi connectivity index (χ3v) is 8.08. The molecule has 2 atom stereocenters. The molecule has 2 unspecified atom stereocenters. The van der Waals surface area contributed by atoms with Crippen LogP contribution in [0.25, 0.3) is 0 Å². The van der Waals surface area contributed by atoms with Gasteiger partial charge in [0.15, 0.2) is 0 Å². The molecule has 0 bridgehead atoms. The highest BCUT2D eigenvalue weighted by Gasteiger charge is 2.33. The van der Waals surface area contributed by atoms with Gasteiger partial charge in [-0.25, -0.2) is 12.8 Å². The second kappa shape index (κ2) is 14.3. The first-order chi connectivity index (χ1) is 19.4. The molecule has 11 heteroatoms. The Balaban J connectivity index is 2.06. The van der Waals surface area contributed by atoms with Gasteiger partial charge in [0, 0.05) is 19.0 Å². The largest absolute Gasteiger partial charge is 0.495 e. The minimum Gasteiger partial charge on any atom is -0.495 e. The summed E-state index contributed by atoms with van der Waals surface area (Å²) >= 11 is 6.26. The highest BCUT2D eigenvalue weighted by atomic mass is 35.5. The molecule has 0 saturated carbocycles. The first-order valence-corrected chi connectivity index (χ1v) is 15.3. The standard InChI is InChI=1S/C30H35ClFN3O5S/c1-5-21(2)33-30(37)27(17-22-9-7-6-8-10-22)34(19-23-11-13-24(32)14-12-23)29(36)20-35(41(4,38)39)25-15-16-28(40-3)26(31)18-25/h6-16,18,21,27H,5,17,19-20H2,1-4H3,(H,33,37). The van der Waals surface area contributed by atoms with E-state index in [0.29, 0.717) is 17.7 Å². The number of amides is 2. The molecule has 3 aromatic carbocycles. The van der Waals surface area contributed by atoms with Crippen LogP contribution in [0.5, 0.6) is 5.75 Å². The van der Waals surface area contributed by atoms with Crippen LogP contribution in [0.4, 0.5) is 10.1 Å². The van der Waals surface area contributed by atoms with Gasteiger partial charge in [-0.3, -0.25) is 13.9 Å². The lowest BCUT2D eigenvalue weighted by Crippen LogP contribution is -2.54. The SMILES string of the molecule is CCC(C)NC(=O)C(Cc1ccccc1)N(Cc1ccc(F)cc1)C(=O)CN(c1ccc(OC)c(Cl)c1)S(C)(=O)=O. The van der Waals surface area contributed by atoms with Crippen LogP contribution < -0.4 is 14.4 Å². The highest BCUT2D eigenvalue weighted by Crippen LogP contribution is 2.30. The summed E-state index contributed by atoms with van der Waals surface area (Å²) in [6, 6.07) is 18.1. The van der Waals surface area contributed by atoms with Crippen molar-refractivity contribution in [2.75, 3.05) is 24.2 Å². The Labute approximate surface area is 246 Å². The van der Waals surface area contributed by atoms with Crippen molar-refractivity contribution in [3.63, 3.8) is 0 Å². The summed E-state index contributed by atoms with van der Waals surface area (Å²) in [6.45, 7) is 3.15. The van der Waals surface area contributed by atoms with Crippen molar-refractivity contribution < 1.29 is 27.1 Å². The van der Waals surface area contributed by atoms with Crippen LogP contribution in [0.15, 0.2) is 72.8 Å². The van der Waals surface area contributed by atoms with E-state index in [1.165, 1.54) is 54.5 Å². The van der Waals surface area contributed by atoms with Gasteiger partial charge in [0.05, 0.1) is 24.1 Å². The Hall–Kier alpha value is -3.63. The maximum absolute atomic E-state index is 14.1. The molecule has 0 spiro atoms. The molecular formula is C30H35ClFN3O5S. The van der Waals surface area contributed by atoms with Crippen LogP contribution >= 0.6 is 11.6 Å². The van der Waals surface area contributed by atoms with Crippen molar-refractivity contribution in [3.8, 4) is 5.75 Å². The summed E-state index contributed by atoms with van der Waals surface area (Å²) in [7, 11) is -2.52. The first kappa shape index (κ1) is 31.9. The van der Waals surface area contributed by atoms with Crippen molar-refractivity contribution in [1.29, 1.82) is 0 Å². The van der Waals surface area contributed by atoms with Gasteiger partial charge in [-0.2, -0.15) is 0 Å². The topological polar surface area (TPSA) is 96.0 Å². The maximum Gasteiger partial charge on any atom is 0.244 e. The number of hydrogen-bond donors (Lipinski definition) is 1. The molecular weight excluding hydrogens is 569 g/mol. The molecule has 3 aromatic rings. The van der Waals surface area contributed by atoms with Gasteiger partial charge in [-0.1, -0.05) is 61.0 Å². The van der Waals surface area contributed by atoms with Gasteiger partial charge in [-0.15, -0.1) is 0 Å². The molecule has 0 radical (unpaired) electrons. The second-order valence-electron chi connectivity index (χ2n) is 9.76. The molecule has 220 valence electrons. The smallest absolute Gasteiger partial charge is 0.244 e. The van der Waals surface area contributed by atoms with Crippen LogP contribution in [-0.4, -0.2) is 57.1 Å². The van der Waals surface area contributed by atoms with Crippen LogP contribution in [0.1, 0.15) is 31.4 Å². The third kappa shape index (κ3) is 8.93. The molecule has 0 saturated heterocycles. The van der Waals surface area contributed by atoms with Crippen molar-refractivity contribution in [2.45, 2.75) is 45.3 Å². The molecule has 0 aliphatic carbocycles. The number of ether oxygens (including phenoxy) is 1. The number of anilines is 1. The molecule has 2 amide bonds. The van der Waals surface area contributed by atoms with E-state index in [4.69, 9.17) is 16.3 Å². The fourth-order valence-electron chi connectivity index (χ4n) is 4.21. The number of halogens is 2. The third-order valence-electron chi connectivity index (χ3n) is 6.64. The first-order valence-electron chi connectivity index (χ1n) is 13.1. The van der Waals surface area contributed by atoms with Gasteiger partial charge in [0.2, 0.25) is 21.8 Å². The van der Waals surface area contributed by atoms with Gasteiger partial charge in [-0.05, 0) is 54.8 Å². The normalized spacial score (nSPS) is 12.7. The predicted molar refractivity (Wildman–Crippen MR) is 159 cm³/mol. The maximum atomic E-state index is 14.1. The van der Waals surface area contributed by atoms with Crippen LogP contribution in [0, 0.1) is 5.82 Å². The molecule has 0 fully saturated rings. The van der Waals surface area contributed by atoms with E-state index >= 15 is 0 Å². The molecule has 0 aromatic heterocycles. The average molecular weight is 604 g/mol. The van der Waals surface area contributed by atoms with E-state index in [9.17, 15) is 22.4 Å². The summed E-state index contributed by atoms with van der Waals surface area (Å²) < 4.78 is 45.6. The lowest BCUT2D eigenvalue weighted by molar-refractivity contribution is -0.140. The summed E-state index contributed by atoms with van der Waals surface area (Å²) in [5.74, 6) is -1.09. The van der Waals surface area contributed by atoms with E-state index in [-0.39, 0.29) is 35.6 Å². The Bertz CT molecular complexity index is 1440. The number of methoxy groups -OCH3 is 1. The van der Waals surface area contributed by atoms with Gasteiger partial charge in [0.1, 0.15) is 24.2 Å². The van der Waals surface area contributed by atoms with E-state index < -0.39 is 34.3 Å². The van der Waals surface area contributed by atoms with E-state index in [2.05, 4.69) is 5.32 Å². The van der Waals surface area contributed by atoms with Crippen LogP contribution in [-0.2, 0) is 32.6 Å².